The number of nitrogen functional groups attached to an aromatic ring is 1. The molecule has 3 heteroatoms. The zero-order chi connectivity index (χ0) is 14.8. The summed E-state index contributed by atoms with van der Waals surface area (Å²) in [4.78, 5) is 4.47. The number of imidazole rings is 1. The van der Waals surface area contributed by atoms with Gasteiger partial charge in [-0.05, 0) is 17.4 Å². The third kappa shape index (κ3) is 3.03. The Labute approximate surface area is 121 Å². The molecule has 1 aromatic heterocycles. The third-order valence-electron chi connectivity index (χ3n) is 3.66. The maximum Gasteiger partial charge on any atom is 0.131 e. The van der Waals surface area contributed by atoms with E-state index in [0.29, 0.717) is 0 Å². The number of nitrogens with zero attached hydrogens (tertiary/aromatic N) is 2. The molecule has 0 aliphatic carbocycles. The molecule has 0 spiro atoms. The van der Waals surface area contributed by atoms with Crippen LogP contribution < -0.4 is 5.73 Å². The van der Waals surface area contributed by atoms with Crippen molar-refractivity contribution in [1.82, 2.24) is 9.55 Å². The molecule has 0 unspecified atom stereocenters. The van der Waals surface area contributed by atoms with Crippen LogP contribution in [-0.4, -0.2) is 9.55 Å². The van der Waals surface area contributed by atoms with Gasteiger partial charge in [0.25, 0.3) is 0 Å². The highest BCUT2D eigenvalue weighted by Gasteiger charge is 2.14. The van der Waals surface area contributed by atoms with E-state index in [4.69, 9.17) is 5.73 Å². The molecular formula is C17H25N3. The topological polar surface area (TPSA) is 43.8 Å². The van der Waals surface area contributed by atoms with E-state index >= 15 is 0 Å². The molecule has 0 bridgehead atoms. The van der Waals surface area contributed by atoms with Crippen molar-refractivity contribution in [2.24, 2.45) is 0 Å². The first-order valence-electron chi connectivity index (χ1n) is 7.35. The molecule has 1 heterocycles. The Balaban J connectivity index is 2.26. The van der Waals surface area contributed by atoms with Gasteiger partial charge in [0.2, 0.25) is 0 Å². The smallest absolute Gasteiger partial charge is 0.131 e. The Bertz CT molecular complexity index is 559. The van der Waals surface area contributed by atoms with Crippen molar-refractivity contribution in [3.63, 3.8) is 0 Å². The Hall–Kier alpha value is -1.77. The molecule has 1 aromatic carbocycles. The van der Waals surface area contributed by atoms with Gasteiger partial charge in [0.05, 0.1) is 6.33 Å². The highest BCUT2D eigenvalue weighted by Crippen LogP contribution is 2.28. The number of anilines is 1. The SMILES string of the molecule is CCCCn1cnc(-c2ccc(C(C)(C)C)cc2)c1N. The second-order valence-electron chi connectivity index (χ2n) is 6.35. The number of unbranched alkanes of at least 4 members (excludes halogenated alkanes) is 1. The molecule has 0 atom stereocenters. The molecule has 2 aromatic rings. The van der Waals surface area contributed by atoms with Crippen LogP contribution in [0.3, 0.4) is 0 Å². The Morgan fingerprint density at radius 1 is 1.15 bits per heavy atom. The van der Waals surface area contributed by atoms with Crippen LogP contribution in [0, 0.1) is 0 Å². The summed E-state index contributed by atoms with van der Waals surface area (Å²) in [5.74, 6) is 0.766. The third-order valence-corrected chi connectivity index (χ3v) is 3.66. The van der Waals surface area contributed by atoms with E-state index in [-0.39, 0.29) is 5.41 Å². The minimum absolute atomic E-state index is 0.171. The van der Waals surface area contributed by atoms with E-state index in [1.54, 1.807) is 0 Å². The van der Waals surface area contributed by atoms with Crippen molar-refractivity contribution in [3.8, 4) is 11.3 Å². The highest BCUT2D eigenvalue weighted by molar-refractivity contribution is 5.70. The number of rotatable bonds is 4. The van der Waals surface area contributed by atoms with Crippen LogP contribution in [0.15, 0.2) is 30.6 Å². The molecule has 2 N–H and O–H groups in total. The summed E-state index contributed by atoms with van der Waals surface area (Å²) in [5, 5.41) is 0. The van der Waals surface area contributed by atoms with Gasteiger partial charge < -0.3 is 10.3 Å². The zero-order valence-corrected chi connectivity index (χ0v) is 13.0. The van der Waals surface area contributed by atoms with E-state index in [1.807, 2.05) is 10.9 Å². The number of aryl methyl sites for hydroxylation is 1. The molecule has 108 valence electrons. The molecule has 3 nitrogen and oxygen atoms in total. The number of hydrogen-bond acceptors (Lipinski definition) is 2. The molecule has 0 radical (unpaired) electrons. The summed E-state index contributed by atoms with van der Waals surface area (Å²) >= 11 is 0. The van der Waals surface area contributed by atoms with Crippen LogP contribution in [0.4, 0.5) is 5.82 Å². The lowest BCUT2D eigenvalue weighted by molar-refractivity contribution is 0.590. The van der Waals surface area contributed by atoms with E-state index in [1.165, 1.54) is 5.56 Å². The van der Waals surface area contributed by atoms with Crippen LogP contribution in [0.1, 0.15) is 46.1 Å². The van der Waals surface area contributed by atoms with Gasteiger partial charge in [-0.2, -0.15) is 0 Å². The molecule has 20 heavy (non-hydrogen) atoms. The fourth-order valence-corrected chi connectivity index (χ4v) is 2.25. The van der Waals surface area contributed by atoms with Crippen LogP contribution in [0.25, 0.3) is 11.3 Å². The summed E-state index contributed by atoms with van der Waals surface area (Å²) < 4.78 is 2.04. The molecule has 0 saturated carbocycles. The van der Waals surface area contributed by atoms with Crippen molar-refractivity contribution in [3.05, 3.63) is 36.2 Å². The van der Waals surface area contributed by atoms with E-state index in [9.17, 15) is 0 Å². The van der Waals surface area contributed by atoms with Crippen molar-refractivity contribution in [2.45, 2.75) is 52.5 Å². The zero-order valence-electron chi connectivity index (χ0n) is 13.0. The fraction of sp³-hybridized carbons (Fsp3) is 0.471. The average Bonchev–Trinajstić information content (AvgIpc) is 2.77. The van der Waals surface area contributed by atoms with Crippen LogP contribution in [0.2, 0.25) is 0 Å². The fourth-order valence-electron chi connectivity index (χ4n) is 2.25. The van der Waals surface area contributed by atoms with Gasteiger partial charge in [0.1, 0.15) is 11.5 Å². The maximum atomic E-state index is 6.20. The minimum atomic E-state index is 0.171. The molecule has 0 aliphatic heterocycles. The van der Waals surface area contributed by atoms with Crippen LogP contribution in [0.5, 0.6) is 0 Å². The first kappa shape index (κ1) is 14.6. The minimum Gasteiger partial charge on any atom is -0.383 e. The van der Waals surface area contributed by atoms with Crippen molar-refractivity contribution in [1.29, 1.82) is 0 Å². The predicted octanol–water partition coefficient (Wildman–Crippen LogP) is 4.23. The number of nitrogens with two attached hydrogens (primary N) is 1. The van der Waals surface area contributed by atoms with E-state index in [0.717, 1.165) is 36.5 Å². The first-order valence-corrected chi connectivity index (χ1v) is 7.35. The summed E-state index contributed by atoms with van der Waals surface area (Å²) in [7, 11) is 0. The van der Waals surface area contributed by atoms with Gasteiger partial charge >= 0.3 is 0 Å². The first-order chi connectivity index (χ1) is 9.43. The number of aromatic nitrogens is 2. The summed E-state index contributed by atoms with van der Waals surface area (Å²) in [5.41, 5.74) is 9.67. The van der Waals surface area contributed by atoms with Gasteiger partial charge in [0, 0.05) is 12.1 Å². The average molecular weight is 271 g/mol. The summed E-state index contributed by atoms with van der Waals surface area (Å²) in [6, 6.07) is 8.56. The second-order valence-corrected chi connectivity index (χ2v) is 6.35. The largest absolute Gasteiger partial charge is 0.383 e. The Kier molecular flexibility index (Phi) is 4.17. The molecule has 0 fully saturated rings. The quantitative estimate of drug-likeness (QED) is 0.904. The molecule has 0 amide bonds. The summed E-state index contributed by atoms with van der Waals surface area (Å²) in [6.45, 7) is 9.77. The predicted molar refractivity (Wildman–Crippen MR) is 85.7 cm³/mol. The lowest BCUT2D eigenvalue weighted by atomic mass is 9.86. The van der Waals surface area contributed by atoms with Crippen molar-refractivity contribution in [2.75, 3.05) is 5.73 Å². The lowest BCUT2D eigenvalue weighted by Gasteiger charge is -2.19. The highest BCUT2D eigenvalue weighted by atomic mass is 15.1. The monoisotopic (exact) mass is 271 g/mol. The summed E-state index contributed by atoms with van der Waals surface area (Å²) in [6.07, 6.45) is 4.13. The van der Waals surface area contributed by atoms with Gasteiger partial charge in [-0.25, -0.2) is 4.98 Å². The Morgan fingerprint density at radius 3 is 2.35 bits per heavy atom. The molecule has 0 aliphatic rings. The van der Waals surface area contributed by atoms with Crippen molar-refractivity contribution < 1.29 is 0 Å². The van der Waals surface area contributed by atoms with Gasteiger partial charge in [-0.15, -0.1) is 0 Å². The van der Waals surface area contributed by atoms with Crippen LogP contribution >= 0.6 is 0 Å². The van der Waals surface area contributed by atoms with E-state index < -0.39 is 0 Å². The van der Waals surface area contributed by atoms with Gasteiger partial charge in [0.15, 0.2) is 0 Å². The Morgan fingerprint density at radius 2 is 1.80 bits per heavy atom. The molecule has 0 saturated heterocycles. The molecule has 2 rings (SSSR count). The maximum absolute atomic E-state index is 6.20. The van der Waals surface area contributed by atoms with Crippen LogP contribution in [-0.2, 0) is 12.0 Å². The second kappa shape index (κ2) is 5.70. The molecular weight excluding hydrogens is 246 g/mol. The standard InChI is InChI=1S/C17H25N3/c1-5-6-11-20-12-19-15(16(20)18)13-7-9-14(10-8-13)17(2,3)4/h7-10,12H,5-6,11,18H2,1-4H3. The van der Waals surface area contributed by atoms with E-state index in [2.05, 4.69) is 56.9 Å². The number of hydrogen-bond donors (Lipinski definition) is 1. The lowest BCUT2D eigenvalue weighted by Crippen LogP contribution is -2.10. The van der Waals surface area contributed by atoms with Gasteiger partial charge in [-0.1, -0.05) is 58.4 Å². The number of benzene rings is 1. The van der Waals surface area contributed by atoms with Crippen molar-refractivity contribution >= 4 is 5.82 Å². The normalized spacial score (nSPS) is 11.8. The van der Waals surface area contributed by atoms with Gasteiger partial charge in [-0.3, -0.25) is 0 Å².